The van der Waals surface area contributed by atoms with Gasteiger partial charge >= 0.3 is 0 Å². The van der Waals surface area contributed by atoms with Crippen molar-refractivity contribution in [3.8, 4) is 6.07 Å². The molecule has 0 saturated heterocycles. The maximum Gasteiger partial charge on any atom is 0.257 e. The quantitative estimate of drug-likeness (QED) is 0.670. The van der Waals surface area contributed by atoms with Crippen LogP contribution in [0.2, 0.25) is 0 Å². The Morgan fingerprint density at radius 3 is 2.33 bits per heavy atom. The monoisotopic (exact) mass is 356 g/mol. The summed E-state index contributed by atoms with van der Waals surface area (Å²) in [6.45, 7) is 1.49. The average molecular weight is 356 g/mol. The molecule has 0 fully saturated rings. The number of amides is 1. The molecule has 0 aliphatic carbocycles. The molecular weight excluding hydrogens is 340 g/mol. The predicted octanol–water partition coefficient (Wildman–Crippen LogP) is 4.15. The first-order valence-corrected chi connectivity index (χ1v) is 8.21. The lowest BCUT2D eigenvalue weighted by Crippen LogP contribution is -2.12. The van der Waals surface area contributed by atoms with E-state index in [1.165, 1.54) is 13.1 Å². The molecule has 0 unspecified atom stereocenters. The van der Waals surface area contributed by atoms with E-state index in [1.807, 2.05) is 6.07 Å². The molecule has 0 aliphatic rings. The number of nitrogens with zero attached hydrogens (tertiary/aromatic N) is 2. The minimum Gasteiger partial charge on any atom is -0.340 e. The highest BCUT2D eigenvalue weighted by Crippen LogP contribution is 2.17. The van der Waals surface area contributed by atoms with Gasteiger partial charge in [0, 0.05) is 23.1 Å². The zero-order valence-corrected chi connectivity index (χ0v) is 14.6. The second kappa shape index (κ2) is 7.93. The fraction of sp³-hybridized carbons (Fsp3) is 0.0476. The lowest BCUT2D eigenvalue weighted by molar-refractivity contribution is 0.101. The van der Waals surface area contributed by atoms with E-state index in [0.29, 0.717) is 28.2 Å². The van der Waals surface area contributed by atoms with Gasteiger partial charge in [-0.15, -0.1) is 0 Å². The van der Waals surface area contributed by atoms with E-state index >= 15 is 0 Å². The summed E-state index contributed by atoms with van der Waals surface area (Å²) < 4.78 is 0. The van der Waals surface area contributed by atoms with Gasteiger partial charge in [0.15, 0.2) is 5.78 Å². The number of hydrogen-bond acceptors (Lipinski definition) is 5. The van der Waals surface area contributed by atoms with Crippen LogP contribution < -0.4 is 10.6 Å². The zero-order chi connectivity index (χ0) is 19.2. The maximum atomic E-state index is 12.3. The van der Waals surface area contributed by atoms with E-state index in [2.05, 4.69) is 21.7 Å². The molecule has 3 aromatic rings. The van der Waals surface area contributed by atoms with Crippen molar-refractivity contribution in [2.75, 3.05) is 10.6 Å². The molecular formula is C21H16N4O2. The third-order valence-electron chi connectivity index (χ3n) is 3.84. The summed E-state index contributed by atoms with van der Waals surface area (Å²) in [4.78, 5) is 27.8. The minimum atomic E-state index is -0.295. The number of rotatable bonds is 5. The van der Waals surface area contributed by atoms with Gasteiger partial charge in [0.1, 0.15) is 5.82 Å². The molecule has 1 aromatic heterocycles. The third-order valence-corrected chi connectivity index (χ3v) is 3.84. The number of aromatic nitrogens is 1. The van der Waals surface area contributed by atoms with Crippen molar-refractivity contribution in [2.45, 2.75) is 6.92 Å². The Bertz CT molecular complexity index is 1020. The normalized spacial score (nSPS) is 9.93. The number of benzene rings is 2. The van der Waals surface area contributed by atoms with Gasteiger partial charge in [-0.05, 0) is 61.5 Å². The molecule has 3 rings (SSSR count). The smallest absolute Gasteiger partial charge is 0.257 e. The second-order valence-corrected chi connectivity index (χ2v) is 5.84. The minimum absolute atomic E-state index is 0.0273. The molecule has 2 aromatic carbocycles. The van der Waals surface area contributed by atoms with E-state index in [1.54, 1.807) is 54.6 Å². The van der Waals surface area contributed by atoms with Crippen molar-refractivity contribution < 1.29 is 9.59 Å². The summed E-state index contributed by atoms with van der Waals surface area (Å²) in [5, 5.41) is 14.8. The van der Waals surface area contributed by atoms with Gasteiger partial charge in [0.25, 0.3) is 5.91 Å². The molecule has 0 saturated carbocycles. The van der Waals surface area contributed by atoms with Crippen molar-refractivity contribution in [3.05, 3.63) is 83.6 Å². The number of Topliss-reactive ketones (excluding diaryl/α,β-unsaturated/α-hetero) is 1. The molecule has 0 aliphatic heterocycles. The number of carbonyl (C=O) groups is 2. The van der Waals surface area contributed by atoms with E-state index in [9.17, 15) is 9.59 Å². The van der Waals surface area contributed by atoms with Crippen LogP contribution in [0, 0.1) is 11.3 Å². The maximum absolute atomic E-state index is 12.3. The van der Waals surface area contributed by atoms with Crippen LogP contribution in [-0.4, -0.2) is 16.7 Å². The Morgan fingerprint density at radius 1 is 0.963 bits per heavy atom. The molecule has 0 bridgehead atoms. The van der Waals surface area contributed by atoms with Crippen molar-refractivity contribution in [1.29, 1.82) is 5.26 Å². The lowest BCUT2D eigenvalue weighted by atomic mass is 10.1. The third kappa shape index (κ3) is 4.55. The molecule has 27 heavy (non-hydrogen) atoms. The summed E-state index contributed by atoms with van der Waals surface area (Å²) in [5.74, 6) is 0.240. The number of ketones is 1. The van der Waals surface area contributed by atoms with Gasteiger partial charge in [-0.1, -0.05) is 6.07 Å². The number of nitrogens with one attached hydrogen (secondary N) is 2. The zero-order valence-electron chi connectivity index (χ0n) is 14.6. The SMILES string of the molecule is CC(=O)c1ccc(NC(=O)c2ccc(Nc3cccc(C#N)c3)nc2)cc1. The Labute approximate surface area is 156 Å². The average Bonchev–Trinajstić information content (AvgIpc) is 2.69. The summed E-state index contributed by atoms with van der Waals surface area (Å²) >= 11 is 0. The number of anilines is 3. The van der Waals surface area contributed by atoms with E-state index in [-0.39, 0.29) is 11.7 Å². The summed E-state index contributed by atoms with van der Waals surface area (Å²) in [6.07, 6.45) is 1.47. The Hall–Kier alpha value is -3.98. The Balaban J connectivity index is 1.66. The first kappa shape index (κ1) is 17.8. The second-order valence-electron chi connectivity index (χ2n) is 5.84. The molecule has 0 spiro atoms. The fourth-order valence-electron chi connectivity index (χ4n) is 2.41. The number of hydrogen-bond donors (Lipinski definition) is 2. The van der Waals surface area contributed by atoms with Crippen molar-refractivity contribution in [3.63, 3.8) is 0 Å². The molecule has 1 amide bonds. The largest absolute Gasteiger partial charge is 0.340 e. The number of pyridine rings is 1. The van der Waals surface area contributed by atoms with Gasteiger partial charge in [-0.3, -0.25) is 9.59 Å². The van der Waals surface area contributed by atoms with Crippen LogP contribution in [0.4, 0.5) is 17.2 Å². The highest BCUT2D eigenvalue weighted by molar-refractivity contribution is 6.04. The van der Waals surface area contributed by atoms with Crippen molar-refractivity contribution in [1.82, 2.24) is 4.98 Å². The summed E-state index contributed by atoms with van der Waals surface area (Å²) in [5.41, 5.74) is 2.88. The van der Waals surface area contributed by atoms with Gasteiger partial charge in [0.05, 0.1) is 17.2 Å². The molecule has 6 heteroatoms. The first-order valence-electron chi connectivity index (χ1n) is 8.21. The Morgan fingerprint density at radius 2 is 1.70 bits per heavy atom. The molecule has 0 radical (unpaired) electrons. The summed E-state index contributed by atoms with van der Waals surface area (Å²) in [6, 6.07) is 19.2. The summed E-state index contributed by atoms with van der Waals surface area (Å²) in [7, 11) is 0. The first-order chi connectivity index (χ1) is 13.0. The van der Waals surface area contributed by atoms with Crippen LogP contribution in [0.25, 0.3) is 0 Å². The highest BCUT2D eigenvalue weighted by Gasteiger charge is 2.08. The lowest BCUT2D eigenvalue weighted by Gasteiger charge is -2.08. The van der Waals surface area contributed by atoms with Crippen LogP contribution in [0.3, 0.4) is 0 Å². The van der Waals surface area contributed by atoms with Gasteiger partial charge in [-0.25, -0.2) is 4.98 Å². The Kier molecular flexibility index (Phi) is 5.24. The number of carbonyl (C=O) groups excluding carboxylic acids is 2. The fourth-order valence-corrected chi connectivity index (χ4v) is 2.41. The molecule has 2 N–H and O–H groups in total. The van der Waals surface area contributed by atoms with Crippen LogP contribution in [0.15, 0.2) is 66.9 Å². The molecule has 6 nitrogen and oxygen atoms in total. The van der Waals surface area contributed by atoms with E-state index in [0.717, 1.165) is 5.69 Å². The van der Waals surface area contributed by atoms with Crippen molar-refractivity contribution in [2.24, 2.45) is 0 Å². The standard InChI is InChI=1S/C21H16N4O2/c1-14(26)16-5-8-18(9-6-16)25-21(27)17-7-10-20(23-13-17)24-19-4-2-3-15(11-19)12-22/h2-11,13H,1H3,(H,23,24)(H,25,27). The van der Waals surface area contributed by atoms with Gasteiger partial charge < -0.3 is 10.6 Å². The molecule has 132 valence electrons. The van der Waals surface area contributed by atoms with Crippen LogP contribution >= 0.6 is 0 Å². The van der Waals surface area contributed by atoms with Crippen LogP contribution in [0.1, 0.15) is 33.2 Å². The van der Waals surface area contributed by atoms with Crippen molar-refractivity contribution >= 4 is 28.9 Å². The van der Waals surface area contributed by atoms with E-state index in [4.69, 9.17) is 5.26 Å². The topological polar surface area (TPSA) is 94.9 Å². The van der Waals surface area contributed by atoms with Crippen LogP contribution in [-0.2, 0) is 0 Å². The predicted molar refractivity (Wildman–Crippen MR) is 103 cm³/mol. The van der Waals surface area contributed by atoms with Gasteiger partial charge in [-0.2, -0.15) is 5.26 Å². The van der Waals surface area contributed by atoms with E-state index < -0.39 is 0 Å². The molecule has 0 atom stereocenters. The van der Waals surface area contributed by atoms with Gasteiger partial charge in [0.2, 0.25) is 0 Å². The molecule has 1 heterocycles. The number of nitriles is 1. The highest BCUT2D eigenvalue weighted by atomic mass is 16.1. The van der Waals surface area contributed by atoms with Crippen LogP contribution in [0.5, 0.6) is 0 Å².